The normalized spacial score (nSPS) is 10.8. The maximum Gasteiger partial charge on any atom is 0.279 e. The quantitative estimate of drug-likeness (QED) is 0.404. The minimum absolute atomic E-state index is 0.166. The van der Waals surface area contributed by atoms with Crippen molar-refractivity contribution in [2.45, 2.75) is 6.92 Å². The highest BCUT2D eigenvalue weighted by atomic mass is 79.9. The molecule has 7 nitrogen and oxygen atoms in total. The number of hydrogen-bond donors (Lipinski definition) is 1. The summed E-state index contributed by atoms with van der Waals surface area (Å²) in [5.41, 5.74) is 0.968. The Morgan fingerprint density at radius 2 is 2.07 bits per heavy atom. The smallest absolute Gasteiger partial charge is 0.279 e. The van der Waals surface area contributed by atoms with Crippen LogP contribution in [0.1, 0.15) is 17.4 Å². The molecule has 3 heterocycles. The second-order valence-corrected chi connectivity index (χ2v) is 8.73. The molecular weight excluding hydrogens is 464 g/mol. The number of halogens is 1. The summed E-state index contributed by atoms with van der Waals surface area (Å²) in [6, 6.07) is 12.8. The number of carbonyl (C=O) groups is 1. The minimum atomic E-state index is -0.406. The van der Waals surface area contributed by atoms with E-state index in [0.717, 1.165) is 31.5 Å². The van der Waals surface area contributed by atoms with Crippen LogP contribution >= 0.6 is 38.8 Å². The third-order valence-electron chi connectivity index (χ3n) is 3.63. The lowest BCUT2D eigenvalue weighted by Gasteiger charge is -2.02. The molecule has 0 bridgehead atoms. The van der Waals surface area contributed by atoms with E-state index in [1.165, 1.54) is 11.3 Å². The van der Waals surface area contributed by atoms with Gasteiger partial charge in [0, 0.05) is 23.2 Å². The Kier molecular flexibility index (Phi) is 5.51. The van der Waals surface area contributed by atoms with Crippen molar-refractivity contribution >= 4 is 49.8 Å². The molecule has 0 atom stereocenters. The second kappa shape index (κ2) is 8.21. The van der Waals surface area contributed by atoms with Crippen LogP contribution in [0.2, 0.25) is 0 Å². The number of aromatic nitrogens is 3. The first-order valence-corrected chi connectivity index (χ1v) is 10.6. The zero-order valence-corrected chi connectivity index (χ0v) is 17.7. The molecule has 0 aliphatic rings. The maximum absolute atomic E-state index is 12.4. The number of benzene rings is 1. The molecule has 0 aliphatic carbocycles. The summed E-state index contributed by atoms with van der Waals surface area (Å²) in [6.07, 6.45) is 0. The largest absolute Gasteiger partial charge is 0.494 e. The van der Waals surface area contributed by atoms with Gasteiger partial charge >= 0.3 is 0 Å². The van der Waals surface area contributed by atoms with Crippen LogP contribution in [0.25, 0.3) is 22.0 Å². The Bertz CT molecular complexity index is 1100. The standard InChI is InChI=1S/C18H13BrN4O3S2/c1-2-25-11-5-3-10(4-6-11)13-9-12(22-26-13)17(24)21-18-20-16(23-28-18)14-7-8-15(19)27-14/h3-9H,2H2,1H3,(H,20,21,23,24). The fourth-order valence-corrected chi connectivity index (χ4v) is 4.33. The monoisotopic (exact) mass is 476 g/mol. The lowest BCUT2D eigenvalue weighted by Crippen LogP contribution is -2.11. The lowest BCUT2D eigenvalue weighted by atomic mass is 10.1. The van der Waals surface area contributed by atoms with Gasteiger partial charge in [-0.15, -0.1) is 11.3 Å². The Balaban J connectivity index is 1.45. The molecule has 3 aromatic heterocycles. The summed E-state index contributed by atoms with van der Waals surface area (Å²) >= 11 is 6.05. The van der Waals surface area contributed by atoms with E-state index < -0.39 is 5.91 Å². The zero-order chi connectivity index (χ0) is 19.5. The molecule has 142 valence electrons. The Morgan fingerprint density at radius 3 is 2.79 bits per heavy atom. The van der Waals surface area contributed by atoms with Gasteiger partial charge < -0.3 is 9.26 Å². The number of ether oxygens (including phenoxy) is 1. The Labute approximate surface area is 176 Å². The fourth-order valence-electron chi connectivity index (χ4n) is 2.37. The molecule has 0 spiro atoms. The molecule has 0 radical (unpaired) electrons. The topological polar surface area (TPSA) is 90.1 Å². The van der Waals surface area contributed by atoms with Gasteiger partial charge in [-0.2, -0.15) is 9.36 Å². The van der Waals surface area contributed by atoms with Gasteiger partial charge in [-0.1, -0.05) is 5.16 Å². The fraction of sp³-hybridized carbons (Fsp3) is 0.111. The average molecular weight is 477 g/mol. The zero-order valence-electron chi connectivity index (χ0n) is 14.5. The number of thiophene rings is 1. The highest BCUT2D eigenvalue weighted by molar-refractivity contribution is 9.11. The van der Waals surface area contributed by atoms with E-state index in [9.17, 15) is 4.79 Å². The van der Waals surface area contributed by atoms with E-state index in [-0.39, 0.29) is 5.69 Å². The molecule has 0 saturated carbocycles. The summed E-state index contributed by atoms with van der Waals surface area (Å²) in [6.45, 7) is 2.53. The number of anilines is 1. The highest BCUT2D eigenvalue weighted by Crippen LogP contribution is 2.31. The highest BCUT2D eigenvalue weighted by Gasteiger charge is 2.17. The molecule has 1 N–H and O–H groups in total. The van der Waals surface area contributed by atoms with E-state index in [0.29, 0.717) is 23.3 Å². The molecule has 0 aliphatic heterocycles. The number of hydrogen-bond acceptors (Lipinski definition) is 8. The van der Waals surface area contributed by atoms with Gasteiger partial charge in [0.2, 0.25) is 5.13 Å². The van der Waals surface area contributed by atoms with Crippen molar-refractivity contribution in [2.75, 3.05) is 11.9 Å². The third-order valence-corrected chi connectivity index (χ3v) is 5.88. The minimum Gasteiger partial charge on any atom is -0.494 e. The van der Waals surface area contributed by atoms with E-state index >= 15 is 0 Å². The van der Waals surface area contributed by atoms with Crippen LogP contribution in [0.3, 0.4) is 0 Å². The van der Waals surface area contributed by atoms with Gasteiger partial charge in [0.05, 0.1) is 15.3 Å². The Hall–Kier alpha value is -2.56. The summed E-state index contributed by atoms with van der Waals surface area (Å²) in [4.78, 5) is 17.7. The lowest BCUT2D eigenvalue weighted by molar-refractivity contribution is 0.101. The predicted molar refractivity (Wildman–Crippen MR) is 112 cm³/mol. The van der Waals surface area contributed by atoms with Gasteiger partial charge in [0.1, 0.15) is 5.75 Å². The maximum atomic E-state index is 12.4. The van der Waals surface area contributed by atoms with Gasteiger partial charge in [-0.25, -0.2) is 0 Å². The molecule has 4 aromatic rings. The molecule has 1 aromatic carbocycles. The van der Waals surface area contributed by atoms with Gasteiger partial charge in [-0.3, -0.25) is 10.1 Å². The molecule has 0 unspecified atom stereocenters. The van der Waals surface area contributed by atoms with Gasteiger partial charge in [0.15, 0.2) is 17.3 Å². The van der Waals surface area contributed by atoms with E-state index in [4.69, 9.17) is 9.26 Å². The predicted octanol–water partition coefficient (Wildman–Crippen LogP) is 5.34. The number of nitrogens with zero attached hydrogens (tertiary/aromatic N) is 3. The Morgan fingerprint density at radius 1 is 1.25 bits per heavy atom. The van der Waals surface area contributed by atoms with Crippen molar-refractivity contribution in [1.29, 1.82) is 0 Å². The summed E-state index contributed by atoms with van der Waals surface area (Å²) in [5, 5.41) is 6.95. The first-order valence-electron chi connectivity index (χ1n) is 8.23. The molecule has 1 amide bonds. The third kappa shape index (κ3) is 4.13. The SMILES string of the molecule is CCOc1ccc(-c2cc(C(=O)Nc3nc(-c4ccc(Br)s4)ns3)no2)cc1. The second-order valence-electron chi connectivity index (χ2n) is 5.51. The van der Waals surface area contributed by atoms with Crippen molar-refractivity contribution in [3.63, 3.8) is 0 Å². The number of rotatable bonds is 6. The number of carbonyl (C=O) groups excluding carboxylic acids is 1. The molecule has 0 fully saturated rings. The molecular formula is C18H13BrN4O3S2. The van der Waals surface area contributed by atoms with Crippen LogP contribution in [-0.2, 0) is 0 Å². The first-order chi connectivity index (χ1) is 13.6. The molecule has 0 saturated heterocycles. The van der Waals surface area contributed by atoms with Crippen molar-refractivity contribution in [3.05, 3.63) is 51.9 Å². The van der Waals surface area contributed by atoms with Crippen LogP contribution in [0, 0.1) is 0 Å². The molecule has 10 heteroatoms. The van der Waals surface area contributed by atoms with Gasteiger partial charge in [0.25, 0.3) is 5.91 Å². The van der Waals surface area contributed by atoms with E-state index in [1.54, 1.807) is 6.07 Å². The van der Waals surface area contributed by atoms with Crippen molar-refractivity contribution in [1.82, 2.24) is 14.5 Å². The van der Waals surface area contributed by atoms with Crippen LogP contribution in [0.4, 0.5) is 5.13 Å². The van der Waals surface area contributed by atoms with E-state index in [1.807, 2.05) is 43.3 Å². The average Bonchev–Trinajstić information content (AvgIpc) is 3.43. The van der Waals surface area contributed by atoms with Crippen LogP contribution in [-0.4, -0.2) is 27.0 Å². The molecule has 4 rings (SSSR count). The summed E-state index contributed by atoms with van der Waals surface area (Å²) in [5.74, 6) is 1.44. The van der Waals surface area contributed by atoms with Crippen LogP contribution in [0.5, 0.6) is 5.75 Å². The summed E-state index contributed by atoms with van der Waals surface area (Å²) in [7, 11) is 0. The van der Waals surface area contributed by atoms with Crippen molar-refractivity contribution in [3.8, 4) is 27.8 Å². The first kappa shape index (κ1) is 18.8. The number of amides is 1. The van der Waals surface area contributed by atoms with Crippen molar-refractivity contribution < 1.29 is 14.1 Å². The van der Waals surface area contributed by atoms with Crippen molar-refractivity contribution in [2.24, 2.45) is 0 Å². The van der Waals surface area contributed by atoms with Gasteiger partial charge in [-0.05, 0) is 59.3 Å². The molecule has 28 heavy (non-hydrogen) atoms. The van der Waals surface area contributed by atoms with E-state index in [2.05, 4.69) is 35.8 Å². The van der Waals surface area contributed by atoms with Crippen LogP contribution in [0.15, 0.2) is 50.8 Å². The summed E-state index contributed by atoms with van der Waals surface area (Å²) < 4.78 is 16.0. The van der Waals surface area contributed by atoms with Crippen LogP contribution < -0.4 is 10.1 Å². The number of nitrogens with one attached hydrogen (secondary N) is 1.